The van der Waals surface area contributed by atoms with Crippen molar-refractivity contribution in [2.24, 2.45) is 5.41 Å². The minimum absolute atomic E-state index is 0.0700. The number of nitrogens with one attached hydrogen (secondary N) is 1. The Labute approximate surface area is 225 Å². The number of aromatic nitrogens is 4. The van der Waals surface area contributed by atoms with Crippen LogP contribution in [-0.4, -0.2) is 88.3 Å². The Morgan fingerprint density at radius 2 is 2.00 bits per heavy atom. The van der Waals surface area contributed by atoms with Crippen molar-refractivity contribution >= 4 is 27.6 Å². The summed E-state index contributed by atoms with van der Waals surface area (Å²) in [6, 6.07) is 8.37. The Balaban J connectivity index is 1.30. The molecule has 3 aliphatic rings. The molecule has 4 aromatic rings. The standard InChI is InChI=1S/C29H31N5O5/c1-17-8-19(2-5-30-17)25-22-9-20-11-31-33-24(20)10-23(22)27(32-26(25)18-3-6-37-7-4-18)39-21-12-34(13-21)28(36)29(14-35)15-38-16-29/h2,5,8-11,18,21,35H,3-4,6-7,12-16H2,1H3,(H,31,33). The number of amides is 1. The zero-order valence-electron chi connectivity index (χ0n) is 21.9. The highest BCUT2D eigenvalue weighted by atomic mass is 16.5. The van der Waals surface area contributed by atoms with Crippen LogP contribution in [0, 0.1) is 12.3 Å². The number of benzene rings is 1. The van der Waals surface area contributed by atoms with Crippen molar-refractivity contribution in [3.63, 3.8) is 0 Å². The van der Waals surface area contributed by atoms with Gasteiger partial charge in [0.2, 0.25) is 11.8 Å². The van der Waals surface area contributed by atoms with Gasteiger partial charge in [0, 0.05) is 47.4 Å². The predicted octanol–water partition coefficient (Wildman–Crippen LogP) is 2.97. The lowest BCUT2D eigenvalue weighted by atomic mass is 9.84. The Kier molecular flexibility index (Phi) is 5.98. The van der Waals surface area contributed by atoms with Gasteiger partial charge in [0.05, 0.1) is 50.3 Å². The van der Waals surface area contributed by atoms with Gasteiger partial charge in [0.1, 0.15) is 11.5 Å². The van der Waals surface area contributed by atoms with E-state index >= 15 is 0 Å². The molecule has 0 aliphatic carbocycles. The molecule has 0 unspecified atom stereocenters. The van der Waals surface area contributed by atoms with E-state index in [1.54, 1.807) is 4.90 Å². The van der Waals surface area contributed by atoms with E-state index in [0.29, 0.717) is 32.2 Å². The van der Waals surface area contributed by atoms with Crippen LogP contribution < -0.4 is 4.74 Å². The van der Waals surface area contributed by atoms with Crippen LogP contribution in [0.2, 0.25) is 0 Å². The third kappa shape index (κ3) is 4.14. The summed E-state index contributed by atoms with van der Waals surface area (Å²) >= 11 is 0. The Bertz CT molecular complexity index is 1550. The van der Waals surface area contributed by atoms with Gasteiger partial charge >= 0.3 is 0 Å². The molecular formula is C29H31N5O5. The molecule has 202 valence electrons. The Morgan fingerprint density at radius 3 is 2.72 bits per heavy atom. The highest BCUT2D eigenvalue weighted by molar-refractivity contribution is 6.06. The van der Waals surface area contributed by atoms with Gasteiger partial charge in [-0.05, 0) is 55.0 Å². The van der Waals surface area contributed by atoms with Crippen molar-refractivity contribution < 1.29 is 24.1 Å². The number of aromatic amines is 1. The SMILES string of the molecule is Cc1cc(-c2c(C3CCOCC3)nc(OC3CN(C(=O)C4(CO)COC4)C3)c3cc4[nH]ncc4cc23)ccn1. The molecule has 3 fully saturated rings. The molecule has 7 rings (SSSR count). The van der Waals surface area contributed by atoms with Crippen molar-refractivity contribution in [2.45, 2.75) is 31.8 Å². The van der Waals surface area contributed by atoms with E-state index in [2.05, 4.69) is 33.4 Å². The number of ether oxygens (including phenoxy) is 3. The van der Waals surface area contributed by atoms with Crippen molar-refractivity contribution in [3.8, 4) is 17.0 Å². The lowest BCUT2D eigenvalue weighted by Crippen LogP contribution is -2.65. The smallest absolute Gasteiger partial charge is 0.236 e. The maximum atomic E-state index is 13.0. The number of aliphatic hydroxyl groups is 1. The zero-order valence-corrected chi connectivity index (χ0v) is 21.9. The summed E-state index contributed by atoms with van der Waals surface area (Å²) in [5, 5.41) is 20.1. The van der Waals surface area contributed by atoms with Crippen molar-refractivity contribution in [2.75, 3.05) is 46.1 Å². The highest BCUT2D eigenvalue weighted by Gasteiger charge is 2.50. The number of carbonyl (C=O) groups excluding carboxylic acids is 1. The van der Waals surface area contributed by atoms with E-state index in [-0.39, 0.29) is 37.7 Å². The lowest BCUT2D eigenvalue weighted by molar-refractivity contribution is -0.187. The van der Waals surface area contributed by atoms with Gasteiger partial charge in [-0.1, -0.05) is 0 Å². The maximum Gasteiger partial charge on any atom is 0.236 e. The number of fused-ring (bicyclic) bond motifs is 2. The highest BCUT2D eigenvalue weighted by Crippen LogP contribution is 2.43. The van der Waals surface area contributed by atoms with Gasteiger partial charge in [-0.2, -0.15) is 5.10 Å². The van der Waals surface area contributed by atoms with Crippen LogP contribution in [0.4, 0.5) is 0 Å². The Hall–Kier alpha value is -3.60. The number of likely N-dealkylation sites (tertiary alicyclic amines) is 1. The molecule has 1 amide bonds. The number of pyridine rings is 2. The summed E-state index contributed by atoms with van der Waals surface area (Å²) in [6.45, 7) is 4.63. The molecule has 0 saturated carbocycles. The molecular weight excluding hydrogens is 498 g/mol. The van der Waals surface area contributed by atoms with Crippen LogP contribution in [0.3, 0.4) is 0 Å². The first-order valence-corrected chi connectivity index (χ1v) is 13.5. The number of hydrogen-bond acceptors (Lipinski definition) is 8. The fourth-order valence-corrected chi connectivity index (χ4v) is 5.90. The van der Waals surface area contributed by atoms with Crippen LogP contribution in [0.1, 0.15) is 30.1 Å². The third-order valence-corrected chi connectivity index (χ3v) is 8.28. The number of hydrogen-bond donors (Lipinski definition) is 2. The fraction of sp³-hybridized carbons (Fsp3) is 0.448. The largest absolute Gasteiger partial charge is 0.470 e. The minimum atomic E-state index is -0.803. The number of H-pyrrole nitrogens is 1. The summed E-state index contributed by atoms with van der Waals surface area (Å²) < 4.78 is 17.4. The molecule has 39 heavy (non-hydrogen) atoms. The van der Waals surface area contributed by atoms with Crippen LogP contribution >= 0.6 is 0 Å². The maximum absolute atomic E-state index is 13.0. The van der Waals surface area contributed by atoms with E-state index in [0.717, 1.165) is 57.0 Å². The summed E-state index contributed by atoms with van der Waals surface area (Å²) in [5.74, 6) is 0.731. The Morgan fingerprint density at radius 1 is 1.18 bits per heavy atom. The van der Waals surface area contributed by atoms with Crippen molar-refractivity contribution in [1.82, 2.24) is 25.1 Å². The quantitative estimate of drug-likeness (QED) is 0.391. The predicted molar refractivity (Wildman–Crippen MR) is 143 cm³/mol. The molecule has 0 radical (unpaired) electrons. The minimum Gasteiger partial charge on any atom is -0.470 e. The number of carbonyl (C=O) groups is 1. The summed E-state index contributed by atoms with van der Waals surface area (Å²) in [5.41, 5.74) is 4.23. The second-order valence-corrected chi connectivity index (χ2v) is 11.0. The second-order valence-electron chi connectivity index (χ2n) is 11.0. The van der Waals surface area contributed by atoms with Gasteiger partial charge in [-0.15, -0.1) is 0 Å². The van der Waals surface area contributed by atoms with Gasteiger partial charge in [0.15, 0.2) is 0 Å². The average Bonchev–Trinajstić information content (AvgIpc) is 3.36. The monoisotopic (exact) mass is 529 g/mol. The van der Waals surface area contributed by atoms with Crippen LogP contribution in [0.15, 0.2) is 36.7 Å². The molecule has 0 spiro atoms. The fourth-order valence-electron chi connectivity index (χ4n) is 5.90. The number of aryl methyl sites for hydroxylation is 1. The van der Waals surface area contributed by atoms with E-state index in [9.17, 15) is 9.90 Å². The molecule has 2 N–H and O–H groups in total. The topological polar surface area (TPSA) is 123 Å². The summed E-state index contributed by atoms with van der Waals surface area (Å²) in [7, 11) is 0. The van der Waals surface area contributed by atoms with Crippen LogP contribution in [0.25, 0.3) is 32.8 Å². The first kappa shape index (κ1) is 24.4. The summed E-state index contributed by atoms with van der Waals surface area (Å²) in [6.07, 6.45) is 5.27. The molecule has 1 aromatic carbocycles. The molecule has 3 aliphatic heterocycles. The normalized spacial score (nSPS) is 19.7. The van der Waals surface area contributed by atoms with Gasteiger partial charge in [-0.3, -0.25) is 14.9 Å². The van der Waals surface area contributed by atoms with Crippen molar-refractivity contribution in [3.05, 3.63) is 48.0 Å². The lowest BCUT2D eigenvalue weighted by Gasteiger charge is -2.47. The molecule has 3 aromatic heterocycles. The van der Waals surface area contributed by atoms with Crippen LogP contribution in [0.5, 0.6) is 5.88 Å². The molecule has 10 nitrogen and oxygen atoms in total. The molecule has 10 heteroatoms. The van der Waals surface area contributed by atoms with Gasteiger partial charge in [0.25, 0.3) is 0 Å². The molecule has 0 atom stereocenters. The van der Waals surface area contributed by atoms with Crippen LogP contribution in [-0.2, 0) is 14.3 Å². The van der Waals surface area contributed by atoms with Gasteiger partial charge in [-0.25, -0.2) is 4.98 Å². The van der Waals surface area contributed by atoms with E-state index < -0.39 is 5.41 Å². The average molecular weight is 530 g/mol. The van der Waals surface area contributed by atoms with Crippen molar-refractivity contribution in [1.29, 1.82) is 0 Å². The van der Waals surface area contributed by atoms with Gasteiger partial charge < -0.3 is 24.2 Å². The third-order valence-electron chi connectivity index (χ3n) is 8.28. The molecule has 6 heterocycles. The summed E-state index contributed by atoms with van der Waals surface area (Å²) in [4.78, 5) is 24.3. The first-order chi connectivity index (χ1) is 19.0. The molecule has 3 saturated heterocycles. The van der Waals surface area contributed by atoms with E-state index in [4.69, 9.17) is 19.2 Å². The second kappa shape index (κ2) is 9.55. The van der Waals surface area contributed by atoms with E-state index in [1.165, 1.54) is 0 Å². The molecule has 0 bridgehead atoms. The van der Waals surface area contributed by atoms with E-state index in [1.807, 2.05) is 25.4 Å². The first-order valence-electron chi connectivity index (χ1n) is 13.5. The number of nitrogens with zero attached hydrogens (tertiary/aromatic N) is 4. The number of rotatable bonds is 6. The zero-order chi connectivity index (χ0) is 26.6. The number of aliphatic hydroxyl groups excluding tert-OH is 1.